The minimum Gasteiger partial charge on any atom is -0.373 e. The van der Waals surface area contributed by atoms with E-state index >= 15 is 0 Å². The van der Waals surface area contributed by atoms with Gasteiger partial charge in [-0.25, -0.2) is 0 Å². The number of carbonyl (C=O) groups excluding carboxylic acids is 1. The summed E-state index contributed by atoms with van der Waals surface area (Å²) in [5.41, 5.74) is 0. The van der Waals surface area contributed by atoms with Gasteiger partial charge < -0.3 is 14.6 Å². The zero-order chi connectivity index (χ0) is 17.1. The fraction of sp³-hybridized carbons (Fsp3) is 0.353. The molecule has 3 aromatic rings. The zero-order valence-corrected chi connectivity index (χ0v) is 15.1. The quantitative estimate of drug-likeness (QED) is 0.713. The Bertz CT molecular complexity index is 835. The second-order valence-corrected chi connectivity index (χ2v) is 7.89. The summed E-state index contributed by atoms with van der Waals surface area (Å²) in [6.45, 7) is 1.03. The number of rotatable bonds is 6. The van der Waals surface area contributed by atoms with Crippen LogP contribution in [-0.4, -0.2) is 22.7 Å². The number of amides is 1. The van der Waals surface area contributed by atoms with Crippen LogP contribution in [0, 0.1) is 0 Å². The van der Waals surface area contributed by atoms with E-state index in [0.29, 0.717) is 23.0 Å². The topological polar surface area (TPSA) is 77.3 Å². The first-order chi connectivity index (χ1) is 12.3. The molecule has 1 atom stereocenters. The van der Waals surface area contributed by atoms with Gasteiger partial charge in [0.1, 0.15) is 0 Å². The number of carbonyl (C=O) groups is 1. The molecule has 0 unspecified atom stereocenters. The molecule has 8 heteroatoms. The van der Waals surface area contributed by atoms with Crippen molar-refractivity contribution in [3.63, 3.8) is 0 Å². The fourth-order valence-corrected chi connectivity index (χ4v) is 4.41. The molecule has 1 amide bonds. The van der Waals surface area contributed by atoms with Gasteiger partial charge in [-0.2, -0.15) is 4.98 Å². The van der Waals surface area contributed by atoms with Gasteiger partial charge in [-0.1, -0.05) is 11.2 Å². The van der Waals surface area contributed by atoms with Crippen molar-refractivity contribution in [2.75, 3.05) is 6.61 Å². The Hall–Kier alpha value is -2.03. The highest BCUT2D eigenvalue weighted by Gasteiger charge is 2.21. The number of ether oxygens (including phenoxy) is 1. The first-order valence-electron chi connectivity index (χ1n) is 8.11. The summed E-state index contributed by atoms with van der Waals surface area (Å²) < 4.78 is 10.9. The van der Waals surface area contributed by atoms with Gasteiger partial charge in [-0.05, 0) is 36.4 Å². The normalized spacial score (nSPS) is 17.0. The Kier molecular flexibility index (Phi) is 4.91. The van der Waals surface area contributed by atoms with Crippen LogP contribution in [0.4, 0.5) is 0 Å². The fourth-order valence-electron chi connectivity index (χ4n) is 2.70. The summed E-state index contributed by atoms with van der Waals surface area (Å²) in [6.07, 6.45) is 2.89. The second-order valence-electron chi connectivity index (χ2n) is 5.75. The van der Waals surface area contributed by atoms with Crippen molar-refractivity contribution in [3.05, 3.63) is 56.0 Å². The van der Waals surface area contributed by atoms with E-state index in [-0.39, 0.29) is 18.6 Å². The maximum atomic E-state index is 12.3. The highest BCUT2D eigenvalue weighted by atomic mass is 32.1. The predicted molar refractivity (Wildman–Crippen MR) is 94.8 cm³/mol. The number of hydrogen-bond acceptors (Lipinski definition) is 7. The molecule has 0 bridgehead atoms. The van der Waals surface area contributed by atoms with E-state index in [9.17, 15) is 4.79 Å². The molecule has 0 saturated carbocycles. The first kappa shape index (κ1) is 16.4. The number of aromatic nitrogens is 2. The number of nitrogens with one attached hydrogen (secondary N) is 1. The summed E-state index contributed by atoms with van der Waals surface area (Å²) in [6, 6.07) is 7.84. The zero-order valence-electron chi connectivity index (χ0n) is 13.4. The monoisotopic (exact) mass is 375 g/mol. The molecule has 6 nitrogen and oxygen atoms in total. The molecule has 4 rings (SSSR count). The largest absolute Gasteiger partial charge is 0.373 e. The average Bonchev–Trinajstić information content (AvgIpc) is 3.39. The van der Waals surface area contributed by atoms with Crippen molar-refractivity contribution in [3.8, 4) is 0 Å². The van der Waals surface area contributed by atoms with Crippen molar-refractivity contribution in [2.24, 2.45) is 0 Å². The molecular formula is C17H17N3O3S2. The lowest BCUT2D eigenvalue weighted by Crippen LogP contribution is -2.21. The lowest BCUT2D eigenvalue weighted by Gasteiger charge is -2.05. The third kappa shape index (κ3) is 3.97. The van der Waals surface area contributed by atoms with E-state index in [1.165, 1.54) is 16.2 Å². The first-order valence-corrected chi connectivity index (χ1v) is 9.81. The number of thiophene rings is 2. The van der Waals surface area contributed by atoms with Gasteiger partial charge >= 0.3 is 0 Å². The van der Waals surface area contributed by atoms with Crippen molar-refractivity contribution < 1.29 is 14.1 Å². The Labute approximate surface area is 152 Å². The van der Waals surface area contributed by atoms with Gasteiger partial charge in [0.25, 0.3) is 5.91 Å². The third-order valence-electron chi connectivity index (χ3n) is 3.92. The predicted octanol–water partition coefficient (Wildman–Crippen LogP) is 3.56. The molecule has 25 heavy (non-hydrogen) atoms. The Morgan fingerprint density at radius 2 is 2.32 bits per heavy atom. The van der Waals surface area contributed by atoms with Gasteiger partial charge in [0, 0.05) is 22.8 Å². The van der Waals surface area contributed by atoms with Crippen LogP contribution in [0.1, 0.15) is 50.1 Å². The maximum Gasteiger partial charge on any atom is 0.261 e. The Morgan fingerprint density at radius 1 is 1.36 bits per heavy atom. The number of hydrogen-bond donors (Lipinski definition) is 1. The molecule has 130 valence electrons. The molecule has 0 spiro atoms. The molecule has 1 N–H and O–H groups in total. The Morgan fingerprint density at radius 3 is 3.12 bits per heavy atom. The summed E-state index contributed by atoms with van der Waals surface area (Å²) in [4.78, 5) is 19.6. The van der Waals surface area contributed by atoms with Crippen LogP contribution in [-0.2, 0) is 17.7 Å². The SMILES string of the molecule is O=C(NCc1nc(Cc2cccs2)no1)c1ccc([C@@H]2CCCO2)s1. The lowest BCUT2D eigenvalue weighted by molar-refractivity contribution is 0.0950. The minimum atomic E-state index is -0.132. The highest BCUT2D eigenvalue weighted by Crippen LogP contribution is 2.33. The molecule has 1 aliphatic heterocycles. The van der Waals surface area contributed by atoms with E-state index in [1.54, 1.807) is 11.3 Å². The van der Waals surface area contributed by atoms with Crippen LogP contribution in [0.15, 0.2) is 34.2 Å². The summed E-state index contributed by atoms with van der Waals surface area (Å²) in [7, 11) is 0. The van der Waals surface area contributed by atoms with Crippen LogP contribution in [0.25, 0.3) is 0 Å². The van der Waals surface area contributed by atoms with Crippen molar-refractivity contribution >= 4 is 28.6 Å². The molecule has 4 heterocycles. The van der Waals surface area contributed by atoms with E-state index in [2.05, 4.69) is 15.5 Å². The van der Waals surface area contributed by atoms with E-state index < -0.39 is 0 Å². The molecule has 0 radical (unpaired) electrons. The minimum absolute atomic E-state index is 0.132. The average molecular weight is 375 g/mol. The smallest absolute Gasteiger partial charge is 0.261 e. The highest BCUT2D eigenvalue weighted by molar-refractivity contribution is 7.14. The molecule has 3 aromatic heterocycles. The van der Waals surface area contributed by atoms with E-state index in [0.717, 1.165) is 24.3 Å². The molecule has 1 saturated heterocycles. The summed E-state index contributed by atoms with van der Waals surface area (Å²) >= 11 is 3.13. The molecule has 0 aliphatic carbocycles. The van der Waals surface area contributed by atoms with Gasteiger partial charge in [-0.3, -0.25) is 4.79 Å². The maximum absolute atomic E-state index is 12.3. The molecular weight excluding hydrogens is 358 g/mol. The van der Waals surface area contributed by atoms with Crippen LogP contribution < -0.4 is 5.32 Å². The van der Waals surface area contributed by atoms with Crippen molar-refractivity contribution in [1.29, 1.82) is 0 Å². The van der Waals surface area contributed by atoms with Crippen LogP contribution in [0.3, 0.4) is 0 Å². The van der Waals surface area contributed by atoms with Crippen LogP contribution >= 0.6 is 22.7 Å². The van der Waals surface area contributed by atoms with Crippen LogP contribution in [0.5, 0.6) is 0 Å². The standard InChI is InChI=1S/C17H17N3O3S2/c21-17(14-6-5-13(25-14)12-4-1-7-22-12)18-10-16-19-15(20-23-16)9-11-3-2-8-24-11/h2-3,5-6,8,12H,1,4,7,9-10H2,(H,18,21)/t12-/m0/s1. The van der Waals surface area contributed by atoms with Crippen molar-refractivity contribution in [1.82, 2.24) is 15.5 Å². The Balaban J connectivity index is 1.32. The van der Waals surface area contributed by atoms with Crippen molar-refractivity contribution in [2.45, 2.75) is 31.9 Å². The molecule has 0 aromatic carbocycles. The summed E-state index contributed by atoms with van der Waals surface area (Å²) in [5.74, 6) is 0.909. The summed E-state index contributed by atoms with van der Waals surface area (Å²) in [5, 5.41) is 8.80. The van der Waals surface area contributed by atoms with Gasteiger partial charge in [-0.15, -0.1) is 22.7 Å². The van der Waals surface area contributed by atoms with E-state index in [1.807, 2.05) is 29.6 Å². The van der Waals surface area contributed by atoms with Gasteiger partial charge in [0.15, 0.2) is 5.82 Å². The van der Waals surface area contributed by atoms with Crippen LogP contribution in [0.2, 0.25) is 0 Å². The van der Waals surface area contributed by atoms with Gasteiger partial charge in [0.05, 0.1) is 17.5 Å². The lowest BCUT2D eigenvalue weighted by atomic mass is 10.2. The van der Waals surface area contributed by atoms with E-state index in [4.69, 9.17) is 9.26 Å². The third-order valence-corrected chi connectivity index (χ3v) is 5.97. The van der Waals surface area contributed by atoms with Gasteiger partial charge in [0.2, 0.25) is 5.89 Å². The number of nitrogens with zero attached hydrogens (tertiary/aromatic N) is 2. The second kappa shape index (κ2) is 7.47. The molecule has 1 aliphatic rings. The molecule has 1 fully saturated rings.